The summed E-state index contributed by atoms with van der Waals surface area (Å²) in [6, 6.07) is 23.7. The monoisotopic (exact) mass is 864 g/mol. The van der Waals surface area contributed by atoms with E-state index in [4.69, 9.17) is 36.3 Å². The zero-order valence-electron chi connectivity index (χ0n) is 29.3. The van der Waals surface area contributed by atoms with E-state index >= 15 is 0 Å². The van der Waals surface area contributed by atoms with Crippen LogP contribution in [0, 0.1) is 0 Å². The molecule has 53 heavy (non-hydrogen) atoms. The van der Waals surface area contributed by atoms with Gasteiger partial charge in [-0.25, -0.2) is 19.9 Å². The predicted molar refractivity (Wildman–Crippen MR) is 219 cm³/mol. The van der Waals surface area contributed by atoms with E-state index in [0.29, 0.717) is 11.6 Å². The smallest absolute Gasteiger partial charge is 0.227 e. The topological polar surface area (TPSA) is 133 Å². The maximum Gasteiger partial charge on any atom is 0.227 e. The van der Waals surface area contributed by atoms with Crippen LogP contribution in [0.5, 0.6) is 11.5 Å². The van der Waals surface area contributed by atoms with Gasteiger partial charge in [-0.05, 0) is 79.9 Å². The number of nitrogens with two attached hydrogens (primary N) is 1. The zero-order valence-corrected chi connectivity index (χ0v) is 33.2. The van der Waals surface area contributed by atoms with Crippen molar-refractivity contribution in [3.8, 4) is 11.5 Å². The molecule has 0 radical (unpaired) electrons. The first-order chi connectivity index (χ1) is 25.8. The molecule has 15 heteroatoms. The molecule has 2 aliphatic heterocycles. The van der Waals surface area contributed by atoms with Crippen LogP contribution in [0.15, 0.2) is 94.1 Å². The quantitative estimate of drug-likeness (QED) is 0.124. The average Bonchev–Trinajstić information content (AvgIpc) is 3.20. The van der Waals surface area contributed by atoms with E-state index in [1.54, 1.807) is 20.4 Å². The number of nitrogens with zero attached hydrogens (tertiary/aromatic N) is 6. The summed E-state index contributed by atoms with van der Waals surface area (Å²) in [5.41, 5.74) is 11.2. The molecule has 4 aromatic carbocycles. The molecular weight excluding hydrogens is 828 g/mol. The van der Waals surface area contributed by atoms with Crippen LogP contribution in [-0.4, -0.2) is 86.8 Å². The molecule has 2 aromatic heterocycles. The van der Waals surface area contributed by atoms with Gasteiger partial charge >= 0.3 is 0 Å². The largest absolute Gasteiger partial charge is 0.495 e. The number of para-hydroxylation sites is 2. The van der Waals surface area contributed by atoms with Crippen LogP contribution in [-0.2, 0) is 9.47 Å². The lowest BCUT2D eigenvalue weighted by atomic mass is 10.2. The number of aromatic nitrogens is 4. The van der Waals surface area contributed by atoms with Gasteiger partial charge in [0.15, 0.2) is 0 Å². The van der Waals surface area contributed by atoms with Crippen LogP contribution >= 0.6 is 43.5 Å². The van der Waals surface area contributed by atoms with Gasteiger partial charge in [0, 0.05) is 81.8 Å². The van der Waals surface area contributed by atoms with Crippen molar-refractivity contribution < 1.29 is 18.9 Å². The summed E-state index contributed by atoms with van der Waals surface area (Å²) in [5, 5.41) is 5.50. The third-order valence-electron chi connectivity index (χ3n) is 8.49. The molecule has 2 aliphatic rings. The number of anilines is 5. The number of hydrogen-bond acceptors (Lipinski definition) is 12. The minimum atomic E-state index is 0.273. The van der Waals surface area contributed by atoms with Crippen LogP contribution < -0.4 is 30.3 Å². The maximum absolute atomic E-state index is 5.76. The van der Waals surface area contributed by atoms with Crippen molar-refractivity contribution >= 4 is 94.0 Å². The number of benzene rings is 4. The highest BCUT2D eigenvalue weighted by atomic mass is 79.9. The predicted octanol–water partition coefficient (Wildman–Crippen LogP) is 8.14. The number of hydrogen-bond donors (Lipinski definition) is 2. The number of methoxy groups -OCH3 is 2. The fourth-order valence-electron chi connectivity index (χ4n) is 5.72. The molecule has 0 aliphatic carbocycles. The Morgan fingerprint density at radius 3 is 1.81 bits per heavy atom. The third-order valence-corrected chi connectivity index (χ3v) is 9.96. The number of morpholine rings is 2. The molecule has 0 unspecified atom stereocenters. The summed E-state index contributed by atoms with van der Waals surface area (Å²) in [6.45, 7) is 6.69. The second-order valence-electron chi connectivity index (χ2n) is 11.8. The SMILES string of the molecule is COc1cc(N2CCOCC2)ccc1N.COc1cc(N2CCOCC2)ccc1Nc1ncc2cccc(Br)c2n1.Clc1ncc2cccc(Br)c2n1. The summed E-state index contributed by atoms with van der Waals surface area (Å²) >= 11 is 12.6. The van der Waals surface area contributed by atoms with E-state index < -0.39 is 0 Å². The number of rotatable bonds is 6. The van der Waals surface area contributed by atoms with Crippen molar-refractivity contribution in [2.75, 3.05) is 87.7 Å². The molecule has 0 spiro atoms. The van der Waals surface area contributed by atoms with Crippen molar-refractivity contribution in [1.29, 1.82) is 0 Å². The fraction of sp³-hybridized carbons (Fsp3) is 0.263. The molecular formula is C38H39Br2ClN8O4. The van der Waals surface area contributed by atoms with E-state index in [2.05, 4.69) is 73.0 Å². The molecule has 0 atom stereocenters. The second kappa shape index (κ2) is 18.5. The van der Waals surface area contributed by atoms with Gasteiger partial charge in [0.2, 0.25) is 11.2 Å². The highest BCUT2D eigenvalue weighted by Crippen LogP contribution is 2.33. The van der Waals surface area contributed by atoms with Gasteiger partial charge in [-0.3, -0.25) is 0 Å². The third kappa shape index (κ3) is 9.95. The Balaban J connectivity index is 0.000000150. The second-order valence-corrected chi connectivity index (χ2v) is 13.9. The lowest BCUT2D eigenvalue weighted by Crippen LogP contribution is -2.36. The van der Waals surface area contributed by atoms with Gasteiger partial charge in [-0.15, -0.1) is 0 Å². The highest BCUT2D eigenvalue weighted by Gasteiger charge is 2.15. The molecule has 3 N–H and O–H groups in total. The Bertz CT molecular complexity index is 2150. The summed E-state index contributed by atoms with van der Waals surface area (Å²) in [7, 11) is 3.30. The molecule has 12 nitrogen and oxygen atoms in total. The van der Waals surface area contributed by atoms with Crippen LogP contribution in [0.3, 0.4) is 0 Å². The molecule has 6 aromatic rings. The molecule has 276 valence electrons. The molecule has 4 heterocycles. The Labute approximate surface area is 329 Å². The number of nitrogens with one attached hydrogen (secondary N) is 1. The average molecular weight is 867 g/mol. The van der Waals surface area contributed by atoms with Gasteiger partial charge in [0.1, 0.15) is 11.5 Å². The number of ether oxygens (including phenoxy) is 4. The molecule has 8 rings (SSSR count). The number of fused-ring (bicyclic) bond motifs is 2. The van der Waals surface area contributed by atoms with Crippen LogP contribution in [0.4, 0.5) is 28.7 Å². The van der Waals surface area contributed by atoms with Crippen molar-refractivity contribution in [1.82, 2.24) is 19.9 Å². The Hall–Kier alpha value is -4.47. The summed E-state index contributed by atoms with van der Waals surface area (Å²) in [5.74, 6) is 2.02. The molecule has 2 saturated heterocycles. The van der Waals surface area contributed by atoms with Gasteiger partial charge in [0.25, 0.3) is 0 Å². The Kier molecular flexibility index (Phi) is 13.4. The fourth-order valence-corrected chi connectivity index (χ4v) is 6.79. The molecule has 0 amide bonds. The minimum Gasteiger partial charge on any atom is -0.495 e. The van der Waals surface area contributed by atoms with E-state index in [1.165, 1.54) is 0 Å². The van der Waals surface area contributed by atoms with Gasteiger partial charge in [-0.2, -0.15) is 0 Å². The van der Waals surface area contributed by atoms with E-state index in [1.807, 2.05) is 72.9 Å². The van der Waals surface area contributed by atoms with Gasteiger partial charge < -0.3 is 39.8 Å². The summed E-state index contributed by atoms with van der Waals surface area (Å²) in [6.07, 6.45) is 3.51. The Morgan fingerprint density at radius 1 is 0.698 bits per heavy atom. The van der Waals surface area contributed by atoms with Crippen molar-refractivity contribution in [3.63, 3.8) is 0 Å². The first-order valence-electron chi connectivity index (χ1n) is 16.8. The van der Waals surface area contributed by atoms with E-state index in [9.17, 15) is 0 Å². The molecule has 0 saturated carbocycles. The van der Waals surface area contributed by atoms with Crippen LogP contribution in [0.2, 0.25) is 5.28 Å². The highest BCUT2D eigenvalue weighted by molar-refractivity contribution is 9.11. The summed E-state index contributed by atoms with van der Waals surface area (Å²) in [4.78, 5) is 21.5. The molecule has 0 bridgehead atoms. The Morgan fingerprint density at radius 2 is 1.23 bits per heavy atom. The first-order valence-corrected chi connectivity index (χ1v) is 18.8. The van der Waals surface area contributed by atoms with Gasteiger partial charge in [-0.1, -0.05) is 24.3 Å². The molecule has 2 fully saturated rings. The number of nitrogen functional groups attached to an aromatic ring is 1. The minimum absolute atomic E-state index is 0.273. The van der Waals surface area contributed by atoms with E-state index in [0.717, 1.165) is 112 Å². The van der Waals surface area contributed by atoms with Crippen LogP contribution in [0.25, 0.3) is 21.8 Å². The summed E-state index contributed by atoms with van der Waals surface area (Å²) < 4.78 is 23.4. The number of halogens is 3. The zero-order chi connectivity index (χ0) is 37.2. The van der Waals surface area contributed by atoms with Crippen molar-refractivity contribution in [2.45, 2.75) is 0 Å². The van der Waals surface area contributed by atoms with Crippen LogP contribution in [0.1, 0.15) is 0 Å². The first kappa shape index (κ1) is 38.3. The van der Waals surface area contributed by atoms with Gasteiger partial charge in [0.05, 0.1) is 63.1 Å². The van der Waals surface area contributed by atoms with Crippen molar-refractivity contribution in [3.05, 3.63) is 99.4 Å². The van der Waals surface area contributed by atoms with Crippen molar-refractivity contribution in [2.24, 2.45) is 0 Å². The lowest BCUT2D eigenvalue weighted by molar-refractivity contribution is 0.122. The lowest BCUT2D eigenvalue weighted by Gasteiger charge is -2.29. The standard InChI is InChI=1S/C19H19BrN4O2.C11H16N2O2.C8H4BrClN2/c1-25-17-11-14(24-7-9-26-10-8-24)5-6-16(17)22-19-21-12-13-3-2-4-15(20)18(13)23-19;1-14-11-8-9(2-3-10(11)12)13-4-6-15-7-5-13;9-6-3-1-2-5-4-11-8(10)12-7(5)6/h2-6,11-12H,7-10H2,1H3,(H,21,22,23);2-3,8H,4-7,12H2,1H3;1-4H. The van der Waals surface area contributed by atoms with E-state index in [-0.39, 0.29) is 5.28 Å². The maximum atomic E-state index is 5.76. The normalized spacial score (nSPS) is 14.1.